The SMILES string of the molecule is O=C(Nc1nc2cc3c(cc2s1)OCO3)C1CCC2CCC(=O)N21. The van der Waals surface area contributed by atoms with Crippen LogP contribution in [-0.2, 0) is 9.59 Å². The third-order valence-electron chi connectivity index (χ3n) is 4.90. The number of nitrogens with zero attached hydrogens (tertiary/aromatic N) is 2. The predicted molar refractivity (Wildman–Crippen MR) is 87.3 cm³/mol. The van der Waals surface area contributed by atoms with Crippen molar-refractivity contribution in [3.8, 4) is 11.5 Å². The molecule has 4 heterocycles. The molecule has 124 valence electrons. The lowest BCUT2D eigenvalue weighted by atomic mass is 10.1. The molecule has 1 aromatic carbocycles. The van der Waals surface area contributed by atoms with E-state index in [4.69, 9.17) is 9.47 Å². The van der Waals surface area contributed by atoms with Crippen LogP contribution in [-0.4, -0.2) is 40.6 Å². The Balaban J connectivity index is 1.38. The van der Waals surface area contributed by atoms with E-state index in [2.05, 4.69) is 10.3 Å². The van der Waals surface area contributed by atoms with Crippen LogP contribution in [0.2, 0.25) is 0 Å². The van der Waals surface area contributed by atoms with Crippen molar-refractivity contribution in [1.82, 2.24) is 9.88 Å². The molecule has 2 aromatic rings. The molecule has 1 aromatic heterocycles. The monoisotopic (exact) mass is 345 g/mol. The normalized spacial score (nSPS) is 24.7. The Hall–Kier alpha value is -2.35. The number of carbonyl (C=O) groups excluding carboxylic acids is 2. The average Bonchev–Trinajstić information content (AvgIpc) is 3.29. The van der Waals surface area contributed by atoms with E-state index in [0.29, 0.717) is 23.1 Å². The van der Waals surface area contributed by atoms with Crippen LogP contribution in [0.4, 0.5) is 5.13 Å². The van der Waals surface area contributed by atoms with Crippen LogP contribution in [0.1, 0.15) is 25.7 Å². The summed E-state index contributed by atoms with van der Waals surface area (Å²) in [4.78, 5) is 30.8. The third kappa shape index (κ3) is 2.06. The Morgan fingerprint density at radius 3 is 2.96 bits per heavy atom. The lowest BCUT2D eigenvalue weighted by Crippen LogP contribution is -2.42. The molecule has 2 atom stereocenters. The van der Waals surface area contributed by atoms with Gasteiger partial charge in [-0.25, -0.2) is 4.98 Å². The number of hydrogen-bond donors (Lipinski definition) is 1. The third-order valence-corrected chi connectivity index (χ3v) is 5.83. The van der Waals surface area contributed by atoms with Crippen LogP contribution in [0.3, 0.4) is 0 Å². The van der Waals surface area contributed by atoms with E-state index < -0.39 is 0 Å². The molecule has 24 heavy (non-hydrogen) atoms. The summed E-state index contributed by atoms with van der Waals surface area (Å²) >= 11 is 1.39. The quantitative estimate of drug-likeness (QED) is 0.902. The summed E-state index contributed by atoms with van der Waals surface area (Å²) in [5.74, 6) is 1.32. The number of hydrogen-bond acceptors (Lipinski definition) is 6. The molecule has 3 aliphatic heterocycles. The highest BCUT2D eigenvalue weighted by Gasteiger charge is 2.44. The van der Waals surface area contributed by atoms with E-state index in [0.717, 1.165) is 29.5 Å². The zero-order chi connectivity index (χ0) is 16.3. The van der Waals surface area contributed by atoms with Crippen LogP contribution in [0.15, 0.2) is 12.1 Å². The number of benzene rings is 1. The Kier molecular flexibility index (Phi) is 2.97. The number of ether oxygens (including phenoxy) is 2. The number of rotatable bonds is 2. The van der Waals surface area contributed by atoms with Crippen molar-refractivity contribution >= 4 is 38.5 Å². The molecular formula is C16H15N3O4S. The van der Waals surface area contributed by atoms with E-state index in [-0.39, 0.29) is 30.7 Å². The average molecular weight is 345 g/mol. The van der Waals surface area contributed by atoms with Gasteiger partial charge >= 0.3 is 0 Å². The number of carbonyl (C=O) groups is 2. The summed E-state index contributed by atoms with van der Waals surface area (Å²) in [7, 11) is 0. The van der Waals surface area contributed by atoms with E-state index in [9.17, 15) is 9.59 Å². The van der Waals surface area contributed by atoms with Crippen molar-refractivity contribution in [1.29, 1.82) is 0 Å². The van der Waals surface area contributed by atoms with E-state index >= 15 is 0 Å². The predicted octanol–water partition coefficient (Wildman–Crippen LogP) is 2.12. The first-order valence-corrected chi connectivity index (χ1v) is 8.83. The van der Waals surface area contributed by atoms with Gasteiger partial charge in [-0.2, -0.15) is 0 Å². The molecular weight excluding hydrogens is 330 g/mol. The lowest BCUT2D eigenvalue weighted by molar-refractivity contribution is -0.134. The Bertz CT molecular complexity index is 823. The maximum absolute atomic E-state index is 12.6. The fourth-order valence-corrected chi connectivity index (χ4v) is 4.66. The van der Waals surface area contributed by atoms with Crippen molar-refractivity contribution in [2.24, 2.45) is 0 Å². The van der Waals surface area contributed by atoms with Gasteiger partial charge in [-0.1, -0.05) is 11.3 Å². The summed E-state index contributed by atoms with van der Waals surface area (Å²) in [6, 6.07) is 3.56. The molecule has 2 saturated heterocycles. The van der Waals surface area contributed by atoms with Gasteiger partial charge in [0, 0.05) is 24.6 Å². The van der Waals surface area contributed by atoms with Crippen LogP contribution in [0.5, 0.6) is 11.5 Å². The highest BCUT2D eigenvalue weighted by Crippen LogP contribution is 2.39. The number of amides is 2. The van der Waals surface area contributed by atoms with Gasteiger partial charge in [-0.15, -0.1) is 0 Å². The van der Waals surface area contributed by atoms with Gasteiger partial charge in [0.05, 0.1) is 10.2 Å². The lowest BCUT2D eigenvalue weighted by Gasteiger charge is -2.22. The minimum Gasteiger partial charge on any atom is -0.454 e. The second-order valence-electron chi connectivity index (χ2n) is 6.27. The van der Waals surface area contributed by atoms with E-state index in [1.807, 2.05) is 12.1 Å². The Morgan fingerprint density at radius 2 is 2.08 bits per heavy atom. The largest absolute Gasteiger partial charge is 0.454 e. The molecule has 2 unspecified atom stereocenters. The van der Waals surface area contributed by atoms with E-state index in [1.165, 1.54) is 11.3 Å². The van der Waals surface area contributed by atoms with Gasteiger partial charge in [0.25, 0.3) is 0 Å². The molecule has 1 N–H and O–H groups in total. The molecule has 0 radical (unpaired) electrons. The van der Waals surface area contributed by atoms with Gasteiger partial charge in [-0.3, -0.25) is 9.59 Å². The fourth-order valence-electron chi connectivity index (χ4n) is 3.78. The van der Waals surface area contributed by atoms with Crippen molar-refractivity contribution in [3.63, 3.8) is 0 Å². The Morgan fingerprint density at radius 1 is 1.25 bits per heavy atom. The highest BCUT2D eigenvalue weighted by atomic mass is 32.1. The number of aromatic nitrogens is 1. The summed E-state index contributed by atoms with van der Waals surface area (Å²) < 4.78 is 11.6. The molecule has 0 aliphatic carbocycles. The van der Waals surface area contributed by atoms with Crippen molar-refractivity contribution in [2.45, 2.75) is 37.8 Å². The first kappa shape index (κ1) is 14.0. The zero-order valence-corrected chi connectivity index (χ0v) is 13.6. The van der Waals surface area contributed by atoms with Gasteiger partial charge < -0.3 is 19.7 Å². The van der Waals surface area contributed by atoms with Crippen LogP contribution in [0, 0.1) is 0 Å². The first-order valence-electron chi connectivity index (χ1n) is 8.01. The van der Waals surface area contributed by atoms with Gasteiger partial charge in [0.15, 0.2) is 16.6 Å². The van der Waals surface area contributed by atoms with Gasteiger partial charge in [0.2, 0.25) is 18.6 Å². The van der Waals surface area contributed by atoms with Gasteiger partial charge in [0.1, 0.15) is 6.04 Å². The van der Waals surface area contributed by atoms with Crippen molar-refractivity contribution < 1.29 is 19.1 Å². The fraction of sp³-hybridized carbons (Fsp3) is 0.438. The molecule has 7 nitrogen and oxygen atoms in total. The van der Waals surface area contributed by atoms with E-state index in [1.54, 1.807) is 4.90 Å². The summed E-state index contributed by atoms with van der Waals surface area (Å²) in [5, 5.41) is 3.41. The molecule has 3 aliphatic rings. The standard InChI is InChI=1S/C16H15N3O4S/c20-14-4-2-8-1-3-10(19(8)14)15(21)18-16-17-9-5-11-12(23-7-22-11)6-13(9)24-16/h5-6,8,10H,1-4,7H2,(H,17,18,21). The smallest absolute Gasteiger partial charge is 0.248 e. The molecule has 8 heteroatoms. The van der Waals surface area contributed by atoms with Crippen molar-refractivity contribution in [2.75, 3.05) is 12.1 Å². The number of thiazole rings is 1. The zero-order valence-electron chi connectivity index (χ0n) is 12.8. The second-order valence-corrected chi connectivity index (χ2v) is 7.30. The molecule has 0 bridgehead atoms. The van der Waals surface area contributed by atoms with Crippen molar-refractivity contribution in [3.05, 3.63) is 12.1 Å². The van der Waals surface area contributed by atoms with Crippen LogP contribution >= 0.6 is 11.3 Å². The summed E-state index contributed by atoms with van der Waals surface area (Å²) in [6.07, 6.45) is 3.06. The minimum atomic E-state index is -0.367. The number of anilines is 1. The summed E-state index contributed by atoms with van der Waals surface area (Å²) in [6.45, 7) is 0.225. The second kappa shape index (κ2) is 5.07. The van der Waals surface area contributed by atoms with Crippen LogP contribution in [0.25, 0.3) is 10.2 Å². The Labute approximate surface area is 141 Å². The molecule has 2 fully saturated rings. The molecule has 0 saturated carbocycles. The highest BCUT2D eigenvalue weighted by molar-refractivity contribution is 7.22. The van der Waals surface area contributed by atoms with Gasteiger partial charge in [-0.05, 0) is 19.3 Å². The number of nitrogens with one attached hydrogen (secondary N) is 1. The molecule has 2 amide bonds. The van der Waals surface area contributed by atoms with Crippen LogP contribution < -0.4 is 14.8 Å². The first-order chi connectivity index (χ1) is 11.7. The summed E-state index contributed by atoms with van der Waals surface area (Å²) in [5.41, 5.74) is 0.765. The maximum Gasteiger partial charge on any atom is 0.248 e. The molecule has 0 spiro atoms. The maximum atomic E-state index is 12.6. The molecule has 5 rings (SSSR count). The number of fused-ring (bicyclic) bond motifs is 3. The minimum absolute atomic E-state index is 0.0904. The topological polar surface area (TPSA) is 80.8 Å².